The Morgan fingerprint density at radius 3 is 1.70 bits per heavy atom. The molecule has 44 heavy (non-hydrogen) atoms. The predicted molar refractivity (Wildman–Crippen MR) is 173 cm³/mol. The number of aromatic nitrogens is 10. The van der Waals surface area contributed by atoms with Gasteiger partial charge in [0.05, 0.1) is 11.1 Å². The summed E-state index contributed by atoms with van der Waals surface area (Å²) in [6.45, 7) is 7.95. The first-order valence-electron chi connectivity index (χ1n) is 13.1. The van der Waals surface area contributed by atoms with Crippen molar-refractivity contribution in [3.63, 3.8) is 0 Å². The normalized spacial score (nSPS) is 10.6. The van der Waals surface area contributed by atoms with Crippen molar-refractivity contribution in [3.8, 4) is 23.0 Å². The summed E-state index contributed by atoms with van der Waals surface area (Å²) in [5.74, 6) is 2.32. The molecule has 6 rings (SSSR count). The van der Waals surface area contributed by atoms with Crippen LogP contribution in [-0.2, 0) is 26.7 Å². The van der Waals surface area contributed by atoms with E-state index in [2.05, 4.69) is 59.4 Å². The second-order valence-corrected chi connectivity index (χ2v) is 11.7. The van der Waals surface area contributed by atoms with E-state index in [0.29, 0.717) is 17.0 Å². The minimum Gasteiger partial charge on any atom is -0.793 e. The van der Waals surface area contributed by atoms with Gasteiger partial charge in [-0.2, -0.15) is 5.75 Å². The Morgan fingerprint density at radius 1 is 0.750 bits per heavy atom. The van der Waals surface area contributed by atoms with Gasteiger partial charge in [-0.25, -0.2) is 44.3 Å². The third-order valence-electron chi connectivity index (χ3n) is 5.86. The molecule has 0 saturated heterocycles. The van der Waals surface area contributed by atoms with Gasteiger partial charge in [0.15, 0.2) is 28.8 Å². The molecule has 0 aliphatic heterocycles. The third-order valence-corrected chi connectivity index (χ3v) is 7.12. The molecule has 0 fully saturated rings. The van der Waals surface area contributed by atoms with E-state index >= 15 is 0 Å². The molecule has 0 bridgehead atoms. The molecule has 16 heteroatoms. The summed E-state index contributed by atoms with van der Waals surface area (Å²) in [6, 6.07) is 3.90. The van der Waals surface area contributed by atoms with E-state index in [-0.39, 0.29) is 45.8 Å². The van der Waals surface area contributed by atoms with Crippen molar-refractivity contribution in [2.24, 2.45) is 14.1 Å². The Kier molecular flexibility index (Phi) is 13.3. The molecule has 0 aromatic carbocycles. The van der Waals surface area contributed by atoms with Gasteiger partial charge >= 0.3 is 29.6 Å². The number of nitrogens with zero attached hydrogens (tertiary/aromatic N) is 10. The van der Waals surface area contributed by atoms with Crippen LogP contribution in [-0.4, -0.2) is 60.5 Å². The van der Waals surface area contributed by atoms with Crippen molar-refractivity contribution in [2.45, 2.75) is 32.6 Å². The van der Waals surface area contributed by atoms with Gasteiger partial charge in [-0.15, -0.1) is 11.8 Å². The van der Waals surface area contributed by atoms with Crippen LogP contribution in [0.3, 0.4) is 0 Å². The van der Waals surface area contributed by atoms with Crippen molar-refractivity contribution in [1.29, 1.82) is 0 Å². The average molecular weight is 682 g/mol. The van der Waals surface area contributed by atoms with Crippen LogP contribution in [0.25, 0.3) is 45.4 Å². The molecule has 0 aliphatic rings. The molecule has 0 N–H and O–H groups in total. The quantitative estimate of drug-likeness (QED) is 0.119. The molecule has 224 valence electrons. The van der Waals surface area contributed by atoms with E-state index in [1.807, 2.05) is 50.7 Å². The smallest absolute Gasteiger partial charge is 0.793 e. The van der Waals surface area contributed by atoms with Gasteiger partial charge in [0, 0.05) is 32.7 Å². The zero-order chi connectivity index (χ0) is 31.3. The van der Waals surface area contributed by atoms with Crippen LogP contribution in [0.5, 0.6) is 0 Å². The number of pyridine rings is 2. The summed E-state index contributed by atoms with van der Waals surface area (Å²) in [7, 11) is 3.69. The topological polar surface area (TPSA) is 113 Å². The van der Waals surface area contributed by atoms with Crippen molar-refractivity contribution in [1.82, 2.24) is 49.0 Å². The summed E-state index contributed by atoms with van der Waals surface area (Å²) in [5, 5.41) is 0.203. The Labute approximate surface area is 296 Å². The first kappa shape index (κ1) is 36.1. The maximum atomic E-state index is 13.8. The second kappa shape index (κ2) is 16.3. The maximum absolute atomic E-state index is 13.8. The van der Waals surface area contributed by atoms with Crippen LogP contribution in [0.15, 0.2) is 41.8 Å². The predicted octanol–water partition coefficient (Wildman–Crippen LogP) is 3.58. The Morgan fingerprint density at radius 2 is 1.20 bits per heavy atom. The minimum atomic E-state index is -0.570. The van der Waals surface area contributed by atoms with Crippen molar-refractivity contribution in [2.75, 3.05) is 11.5 Å². The SMILES string of the molecule is CCSc1cnc(Cl)nc1-c1nc2cc(C)cnc2n1C.CC[S-].Cc1cnc2c(c1)nc(-c1nc(Cl)ncc1F)n2C.[Na+]. The number of fused-ring (bicyclic) bond motifs is 2. The number of rotatable bonds is 4. The van der Waals surface area contributed by atoms with Gasteiger partial charge in [0.1, 0.15) is 22.4 Å². The molecule has 0 amide bonds. The first-order chi connectivity index (χ1) is 20.6. The van der Waals surface area contributed by atoms with Crippen LogP contribution in [0.2, 0.25) is 10.6 Å². The number of thioether (sulfide) groups is 1. The third kappa shape index (κ3) is 8.25. The van der Waals surface area contributed by atoms with Crippen LogP contribution in [0.1, 0.15) is 25.0 Å². The molecule has 0 aliphatic carbocycles. The fourth-order valence-electron chi connectivity index (χ4n) is 4.05. The zero-order valence-electron chi connectivity index (χ0n) is 25.3. The van der Waals surface area contributed by atoms with Gasteiger partial charge < -0.3 is 21.8 Å². The van der Waals surface area contributed by atoms with E-state index in [1.165, 1.54) is 0 Å². The molecule has 0 saturated carbocycles. The maximum Gasteiger partial charge on any atom is 1.00 e. The Bertz CT molecular complexity index is 1900. The monoisotopic (exact) mass is 680 g/mol. The van der Waals surface area contributed by atoms with Crippen molar-refractivity contribution < 1.29 is 33.9 Å². The number of hydrogen-bond acceptors (Lipinski definition) is 10. The second-order valence-electron chi connectivity index (χ2n) is 9.11. The Hall–Kier alpha value is -2.39. The van der Waals surface area contributed by atoms with Crippen molar-refractivity contribution in [3.05, 3.63) is 64.4 Å². The zero-order valence-corrected chi connectivity index (χ0v) is 30.4. The fraction of sp³-hybridized carbons (Fsp3) is 0.286. The molecule has 0 unspecified atom stereocenters. The molecule has 0 spiro atoms. The van der Waals surface area contributed by atoms with E-state index < -0.39 is 5.82 Å². The van der Waals surface area contributed by atoms with Gasteiger partial charge in [0.2, 0.25) is 10.6 Å². The molecule has 0 radical (unpaired) electrons. The van der Waals surface area contributed by atoms with E-state index in [0.717, 1.165) is 56.4 Å². The first-order valence-corrected chi connectivity index (χ1v) is 15.4. The van der Waals surface area contributed by atoms with Crippen LogP contribution < -0.4 is 29.6 Å². The molecule has 6 aromatic heterocycles. The van der Waals surface area contributed by atoms with E-state index in [9.17, 15) is 4.39 Å². The van der Waals surface area contributed by atoms with Gasteiger partial charge in [-0.3, -0.25) is 0 Å². The molecule has 6 aromatic rings. The summed E-state index contributed by atoms with van der Waals surface area (Å²) in [5.41, 5.74) is 5.92. The number of aryl methyl sites for hydroxylation is 4. The molecular formula is C28H28Cl2FN10NaS2. The summed E-state index contributed by atoms with van der Waals surface area (Å²) >= 11 is 17.7. The summed E-state index contributed by atoms with van der Waals surface area (Å²) in [4.78, 5) is 34.6. The summed E-state index contributed by atoms with van der Waals surface area (Å²) < 4.78 is 17.4. The van der Waals surface area contributed by atoms with Gasteiger partial charge in [-0.1, -0.05) is 13.8 Å². The fourth-order valence-corrected chi connectivity index (χ4v) is 5.03. The Balaban J connectivity index is 0.000000217. The number of halogens is 3. The molecule has 10 nitrogen and oxygen atoms in total. The van der Waals surface area contributed by atoms with Crippen LogP contribution in [0.4, 0.5) is 4.39 Å². The van der Waals surface area contributed by atoms with Gasteiger partial charge in [0.25, 0.3) is 0 Å². The molecular weight excluding hydrogens is 653 g/mol. The van der Waals surface area contributed by atoms with Crippen LogP contribution >= 0.6 is 35.0 Å². The van der Waals surface area contributed by atoms with Crippen molar-refractivity contribution >= 4 is 69.9 Å². The van der Waals surface area contributed by atoms with Crippen LogP contribution in [0, 0.1) is 19.7 Å². The molecule has 0 atom stereocenters. The largest absolute Gasteiger partial charge is 1.00 e. The number of imidazole rings is 2. The minimum absolute atomic E-state index is 0. The average Bonchev–Trinajstić information content (AvgIpc) is 3.47. The van der Waals surface area contributed by atoms with E-state index in [4.69, 9.17) is 23.2 Å². The summed E-state index contributed by atoms with van der Waals surface area (Å²) in [6.07, 6.45) is 6.35. The van der Waals surface area contributed by atoms with E-state index in [1.54, 1.807) is 35.8 Å². The standard InChI is InChI=1S/C14H14ClN5S.C12H9ClFN5.C2H6S.Na/c1-4-21-10-7-17-14(15)19-11(10)13-18-9-5-8(2)6-16-12(9)20(13)3;1-6-3-8-10(15-4-6)19(2)11(17-8)9-7(14)5-16-12(13)18-9;1-2-3;/h5-7H,4H2,1-3H3;3-5H,1-2H3;3H,2H2,1H3;/q;;;+1/p-1. The molecule has 6 heterocycles. The van der Waals surface area contributed by atoms with Gasteiger partial charge in [-0.05, 0) is 66.1 Å². The number of hydrogen-bond donors (Lipinski definition) is 0.